The zero-order chi connectivity index (χ0) is 20.6. The number of carbonyl (C=O) groups is 1. The van der Waals surface area contributed by atoms with Crippen LogP contribution in [-0.4, -0.2) is 64.3 Å². The highest BCUT2D eigenvalue weighted by Crippen LogP contribution is 2.18. The molecule has 1 N–H and O–H groups in total. The number of aryl methyl sites for hydroxylation is 1. The lowest BCUT2D eigenvalue weighted by Gasteiger charge is -2.35. The van der Waals surface area contributed by atoms with Gasteiger partial charge >= 0.3 is 0 Å². The number of aromatic nitrogens is 3. The molecule has 156 valence electrons. The van der Waals surface area contributed by atoms with Crippen LogP contribution in [0.1, 0.15) is 25.8 Å². The number of rotatable bonds is 7. The summed E-state index contributed by atoms with van der Waals surface area (Å²) in [6, 6.07) is 3.85. The highest BCUT2D eigenvalue weighted by molar-refractivity contribution is 5.98. The number of nitrogens with zero attached hydrogens (tertiary/aromatic N) is 6. The molecule has 1 fully saturated rings. The standard InChI is InChI=1S/C20H29N7O2/c1-4-11-29-19-16(7-6-8-22-19)12-23-20(21-5-2)26-9-10-27(18(28)15-26)17-13-24-25(3)14-17/h6-8,13-14H,4-5,9-12,15H2,1-3H3,(H,21,23). The maximum Gasteiger partial charge on any atom is 0.246 e. The van der Waals surface area contributed by atoms with Crippen molar-refractivity contribution in [3.63, 3.8) is 0 Å². The minimum Gasteiger partial charge on any atom is -0.477 e. The highest BCUT2D eigenvalue weighted by atomic mass is 16.5. The molecule has 0 unspecified atom stereocenters. The predicted octanol–water partition coefficient (Wildman–Crippen LogP) is 1.42. The van der Waals surface area contributed by atoms with E-state index in [0.717, 1.165) is 30.2 Å². The molecular formula is C20H29N7O2. The topological polar surface area (TPSA) is 87.9 Å². The predicted molar refractivity (Wildman–Crippen MR) is 112 cm³/mol. The lowest BCUT2D eigenvalue weighted by Crippen LogP contribution is -2.55. The summed E-state index contributed by atoms with van der Waals surface area (Å²) in [6.45, 7) is 7.42. The third kappa shape index (κ3) is 5.24. The summed E-state index contributed by atoms with van der Waals surface area (Å²) in [5.74, 6) is 1.37. The van der Waals surface area contributed by atoms with E-state index in [2.05, 4.69) is 22.3 Å². The van der Waals surface area contributed by atoms with Gasteiger partial charge in [0, 0.05) is 44.6 Å². The van der Waals surface area contributed by atoms with Crippen LogP contribution in [0.15, 0.2) is 35.7 Å². The first-order valence-corrected chi connectivity index (χ1v) is 10.0. The first-order valence-electron chi connectivity index (χ1n) is 10.0. The largest absolute Gasteiger partial charge is 0.477 e. The quantitative estimate of drug-likeness (QED) is 0.560. The summed E-state index contributed by atoms with van der Waals surface area (Å²) >= 11 is 0. The second-order valence-electron chi connectivity index (χ2n) is 6.83. The van der Waals surface area contributed by atoms with Gasteiger partial charge < -0.3 is 19.9 Å². The van der Waals surface area contributed by atoms with Crippen molar-refractivity contribution in [2.24, 2.45) is 12.0 Å². The van der Waals surface area contributed by atoms with Crippen molar-refractivity contribution in [1.29, 1.82) is 0 Å². The Morgan fingerprint density at radius 2 is 2.21 bits per heavy atom. The minimum atomic E-state index is 0.0307. The number of nitrogens with one attached hydrogen (secondary N) is 1. The highest BCUT2D eigenvalue weighted by Gasteiger charge is 2.27. The molecule has 2 aromatic heterocycles. The fraction of sp³-hybridized carbons (Fsp3) is 0.500. The van der Waals surface area contributed by atoms with Gasteiger partial charge in [0.05, 0.1) is 25.0 Å². The maximum atomic E-state index is 12.7. The van der Waals surface area contributed by atoms with Crippen molar-refractivity contribution in [1.82, 2.24) is 25.0 Å². The molecule has 1 aliphatic heterocycles. The third-order valence-corrected chi connectivity index (χ3v) is 4.55. The van der Waals surface area contributed by atoms with Crippen LogP contribution in [-0.2, 0) is 18.4 Å². The zero-order valence-electron chi connectivity index (χ0n) is 17.3. The monoisotopic (exact) mass is 399 g/mol. The van der Waals surface area contributed by atoms with E-state index >= 15 is 0 Å². The number of carbonyl (C=O) groups excluding carboxylic acids is 1. The van der Waals surface area contributed by atoms with Gasteiger partial charge in [-0.15, -0.1) is 0 Å². The van der Waals surface area contributed by atoms with Gasteiger partial charge in [0.2, 0.25) is 11.8 Å². The van der Waals surface area contributed by atoms with Crippen LogP contribution < -0.4 is 15.0 Å². The molecule has 29 heavy (non-hydrogen) atoms. The SMILES string of the molecule is CCCOc1ncccc1CN=C(NCC)N1CCN(c2cnn(C)c2)C(=O)C1. The Balaban J connectivity index is 1.69. The fourth-order valence-electron chi connectivity index (χ4n) is 3.13. The molecule has 0 aliphatic carbocycles. The molecule has 2 aromatic rings. The number of anilines is 1. The second kappa shape index (κ2) is 9.90. The van der Waals surface area contributed by atoms with Crippen LogP contribution in [0.25, 0.3) is 0 Å². The van der Waals surface area contributed by atoms with Crippen molar-refractivity contribution >= 4 is 17.6 Å². The van der Waals surface area contributed by atoms with E-state index in [1.165, 1.54) is 0 Å². The summed E-state index contributed by atoms with van der Waals surface area (Å²) in [6.07, 6.45) is 6.21. The van der Waals surface area contributed by atoms with Gasteiger partial charge in [-0.1, -0.05) is 13.0 Å². The normalized spacial score (nSPS) is 15.0. The van der Waals surface area contributed by atoms with Gasteiger partial charge in [-0.3, -0.25) is 9.48 Å². The van der Waals surface area contributed by atoms with E-state index in [0.29, 0.717) is 32.1 Å². The average molecular weight is 399 g/mol. The molecule has 0 aromatic carbocycles. The van der Waals surface area contributed by atoms with Gasteiger partial charge in [-0.25, -0.2) is 9.98 Å². The lowest BCUT2D eigenvalue weighted by molar-refractivity contribution is -0.120. The molecule has 9 nitrogen and oxygen atoms in total. The van der Waals surface area contributed by atoms with Crippen molar-refractivity contribution in [3.8, 4) is 5.88 Å². The number of hydrogen-bond acceptors (Lipinski definition) is 5. The van der Waals surface area contributed by atoms with Crippen molar-refractivity contribution in [3.05, 3.63) is 36.3 Å². The molecule has 3 rings (SSSR count). The van der Waals surface area contributed by atoms with Gasteiger partial charge in [-0.05, 0) is 19.4 Å². The Bertz CT molecular complexity index is 849. The van der Waals surface area contributed by atoms with E-state index < -0.39 is 0 Å². The summed E-state index contributed by atoms with van der Waals surface area (Å²) in [5.41, 5.74) is 1.75. The number of piperazine rings is 1. The number of guanidine groups is 1. The van der Waals surface area contributed by atoms with E-state index in [9.17, 15) is 4.79 Å². The van der Waals surface area contributed by atoms with Crippen molar-refractivity contribution < 1.29 is 9.53 Å². The molecule has 1 saturated heterocycles. The first kappa shape index (κ1) is 20.6. The van der Waals surface area contributed by atoms with Crippen LogP contribution in [0.2, 0.25) is 0 Å². The molecule has 0 atom stereocenters. The van der Waals surface area contributed by atoms with Gasteiger partial charge in [-0.2, -0.15) is 5.10 Å². The Morgan fingerprint density at radius 3 is 2.90 bits per heavy atom. The smallest absolute Gasteiger partial charge is 0.246 e. The molecule has 0 saturated carbocycles. The number of aliphatic imine (C=N–C) groups is 1. The van der Waals surface area contributed by atoms with Crippen LogP contribution in [0.5, 0.6) is 5.88 Å². The van der Waals surface area contributed by atoms with E-state index in [1.807, 2.05) is 37.2 Å². The van der Waals surface area contributed by atoms with Gasteiger partial charge in [0.1, 0.15) is 6.54 Å². The van der Waals surface area contributed by atoms with Gasteiger partial charge in [0.15, 0.2) is 5.96 Å². The van der Waals surface area contributed by atoms with Crippen LogP contribution >= 0.6 is 0 Å². The van der Waals surface area contributed by atoms with Crippen LogP contribution in [0.4, 0.5) is 5.69 Å². The summed E-state index contributed by atoms with van der Waals surface area (Å²) in [4.78, 5) is 25.5. The number of amides is 1. The Kier molecular flexibility index (Phi) is 7.04. The van der Waals surface area contributed by atoms with E-state index in [-0.39, 0.29) is 12.5 Å². The number of hydrogen-bond donors (Lipinski definition) is 1. The fourth-order valence-corrected chi connectivity index (χ4v) is 3.13. The molecule has 3 heterocycles. The lowest BCUT2D eigenvalue weighted by atomic mass is 10.2. The van der Waals surface area contributed by atoms with E-state index in [4.69, 9.17) is 9.73 Å². The number of ether oxygens (including phenoxy) is 1. The van der Waals surface area contributed by atoms with Crippen molar-refractivity contribution in [2.75, 3.05) is 37.7 Å². The van der Waals surface area contributed by atoms with Gasteiger partial charge in [0.25, 0.3) is 0 Å². The molecule has 9 heteroatoms. The van der Waals surface area contributed by atoms with E-state index in [1.54, 1.807) is 22.0 Å². The molecule has 1 aliphatic rings. The molecule has 1 amide bonds. The molecule has 0 spiro atoms. The molecular weight excluding hydrogens is 370 g/mol. The zero-order valence-corrected chi connectivity index (χ0v) is 17.3. The summed E-state index contributed by atoms with van der Waals surface area (Å²) in [5, 5.41) is 7.45. The molecule has 0 bridgehead atoms. The first-order chi connectivity index (χ1) is 14.1. The second-order valence-corrected chi connectivity index (χ2v) is 6.83. The number of pyridine rings is 1. The average Bonchev–Trinajstić information content (AvgIpc) is 3.16. The summed E-state index contributed by atoms with van der Waals surface area (Å²) < 4.78 is 7.42. The van der Waals surface area contributed by atoms with Crippen LogP contribution in [0.3, 0.4) is 0 Å². The van der Waals surface area contributed by atoms with Crippen LogP contribution in [0, 0.1) is 0 Å². The Morgan fingerprint density at radius 1 is 1.34 bits per heavy atom. The minimum absolute atomic E-state index is 0.0307. The Labute approximate surface area is 171 Å². The summed E-state index contributed by atoms with van der Waals surface area (Å²) in [7, 11) is 1.84. The van der Waals surface area contributed by atoms with Crippen molar-refractivity contribution in [2.45, 2.75) is 26.8 Å². The third-order valence-electron chi connectivity index (χ3n) is 4.55. The maximum absolute atomic E-state index is 12.7. The Hall–Kier alpha value is -3.10. The molecule has 0 radical (unpaired) electrons.